The van der Waals surface area contributed by atoms with Crippen molar-refractivity contribution >= 4 is 11.4 Å². The molecule has 0 fully saturated rings. The van der Waals surface area contributed by atoms with Gasteiger partial charge in [0.2, 0.25) is 0 Å². The molecule has 7 heteroatoms. The monoisotopic (exact) mass is 261 g/mol. The molecule has 0 saturated carbocycles. The molecule has 3 rings (SSSR count). The van der Waals surface area contributed by atoms with E-state index >= 15 is 0 Å². The van der Waals surface area contributed by atoms with E-state index in [0.29, 0.717) is 37.7 Å². The number of nitrogens with zero attached hydrogens (tertiary/aromatic N) is 3. The van der Waals surface area contributed by atoms with Crippen LogP contribution in [0.25, 0.3) is 0 Å². The summed E-state index contributed by atoms with van der Waals surface area (Å²) >= 11 is 0. The number of benzene rings is 1. The van der Waals surface area contributed by atoms with Gasteiger partial charge in [-0.2, -0.15) is 0 Å². The van der Waals surface area contributed by atoms with E-state index in [1.54, 1.807) is 16.9 Å². The van der Waals surface area contributed by atoms with Gasteiger partial charge in [0, 0.05) is 24.9 Å². The van der Waals surface area contributed by atoms with Crippen LogP contribution in [-0.2, 0) is 6.54 Å². The van der Waals surface area contributed by atoms with Gasteiger partial charge in [-0.25, -0.2) is 0 Å². The van der Waals surface area contributed by atoms with Crippen LogP contribution in [0.3, 0.4) is 0 Å². The number of nitrogen functional groups attached to an aromatic ring is 1. The second-order valence-corrected chi connectivity index (χ2v) is 4.18. The summed E-state index contributed by atoms with van der Waals surface area (Å²) in [6.07, 6.45) is 3.47. The van der Waals surface area contributed by atoms with Crippen LogP contribution < -0.4 is 20.5 Å². The van der Waals surface area contributed by atoms with Crippen LogP contribution in [0.5, 0.6) is 11.5 Å². The summed E-state index contributed by atoms with van der Waals surface area (Å²) < 4.78 is 12.7. The van der Waals surface area contributed by atoms with E-state index in [0.717, 1.165) is 11.4 Å². The number of ether oxygens (including phenoxy) is 2. The number of hydrogen-bond acceptors (Lipinski definition) is 6. The molecule has 3 N–H and O–H groups in total. The third kappa shape index (κ3) is 2.54. The summed E-state index contributed by atoms with van der Waals surface area (Å²) in [5, 5.41) is 10.9. The van der Waals surface area contributed by atoms with Gasteiger partial charge in [0.15, 0.2) is 11.5 Å². The van der Waals surface area contributed by atoms with Crippen LogP contribution in [0.2, 0.25) is 0 Å². The summed E-state index contributed by atoms with van der Waals surface area (Å²) in [6.45, 7) is 2.54. The quantitative estimate of drug-likeness (QED) is 0.789. The lowest BCUT2D eigenvalue weighted by Gasteiger charge is -2.20. The highest BCUT2D eigenvalue weighted by Crippen LogP contribution is 2.36. The molecule has 0 atom stereocenters. The molecule has 0 unspecified atom stereocenters. The minimum Gasteiger partial charge on any atom is -0.486 e. The van der Waals surface area contributed by atoms with E-state index in [4.69, 9.17) is 15.2 Å². The molecule has 1 aromatic carbocycles. The van der Waals surface area contributed by atoms with Gasteiger partial charge in [-0.15, -0.1) is 5.10 Å². The molecule has 0 saturated heterocycles. The normalized spacial score (nSPS) is 13.3. The third-order valence-electron chi connectivity index (χ3n) is 2.84. The second-order valence-electron chi connectivity index (χ2n) is 4.18. The Morgan fingerprint density at radius 3 is 2.79 bits per heavy atom. The van der Waals surface area contributed by atoms with Crippen LogP contribution >= 0.6 is 0 Å². The second kappa shape index (κ2) is 5.05. The largest absolute Gasteiger partial charge is 0.486 e. The maximum atomic E-state index is 5.97. The first-order chi connectivity index (χ1) is 9.33. The molecule has 1 aromatic heterocycles. The highest BCUT2D eigenvalue weighted by Gasteiger charge is 2.14. The SMILES string of the molecule is Nc1cc2c(cc1NCCn1ccnn1)OCCO2. The topological polar surface area (TPSA) is 87.2 Å². The standard InChI is InChI=1S/C12H15N5O2/c13-9-7-11-12(19-6-5-18-11)8-10(9)14-1-3-17-4-2-15-16-17/h2,4,7-8,14H,1,3,5-6,13H2. The van der Waals surface area contributed by atoms with Crippen molar-refractivity contribution in [3.63, 3.8) is 0 Å². The zero-order chi connectivity index (χ0) is 13.1. The van der Waals surface area contributed by atoms with Crippen molar-refractivity contribution in [3.8, 4) is 11.5 Å². The van der Waals surface area contributed by atoms with Crippen LogP contribution in [0, 0.1) is 0 Å². The van der Waals surface area contributed by atoms with Crippen molar-refractivity contribution < 1.29 is 9.47 Å². The van der Waals surface area contributed by atoms with E-state index in [2.05, 4.69) is 15.6 Å². The average Bonchev–Trinajstić information content (AvgIpc) is 2.92. The Morgan fingerprint density at radius 2 is 2.05 bits per heavy atom. The van der Waals surface area contributed by atoms with Gasteiger partial charge in [0.1, 0.15) is 13.2 Å². The fourth-order valence-corrected chi connectivity index (χ4v) is 1.91. The van der Waals surface area contributed by atoms with Crippen molar-refractivity contribution in [2.24, 2.45) is 0 Å². The summed E-state index contributed by atoms with van der Waals surface area (Å²) in [4.78, 5) is 0. The number of fused-ring (bicyclic) bond motifs is 1. The first-order valence-corrected chi connectivity index (χ1v) is 6.10. The molecule has 0 aliphatic carbocycles. The fraction of sp³-hybridized carbons (Fsp3) is 0.333. The van der Waals surface area contributed by atoms with Crippen molar-refractivity contribution in [1.29, 1.82) is 0 Å². The molecule has 2 heterocycles. The molecule has 19 heavy (non-hydrogen) atoms. The van der Waals surface area contributed by atoms with Gasteiger partial charge >= 0.3 is 0 Å². The molecular weight excluding hydrogens is 246 g/mol. The molecule has 100 valence electrons. The van der Waals surface area contributed by atoms with E-state index < -0.39 is 0 Å². The molecular formula is C12H15N5O2. The van der Waals surface area contributed by atoms with Crippen LogP contribution in [0.1, 0.15) is 0 Å². The lowest BCUT2D eigenvalue weighted by molar-refractivity contribution is 0.172. The molecule has 7 nitrogen and oxygen atoms in total. The summed E-state index contributed by atoms with van der Waals surface area (Å²) in [6, 6.07) is 3.65. The Morgan fingerprint density at radius 1 is 1.26 bits per heavy atom. The predicted octanol–water partition coefficient (Wildman–Crippen LogP) is 0.744. The molecule has 0 amide bonds. The predicted molar refractivity (Wildman–Crippen MR) is 70.4 cm³/mol. The van der Waals surface area contributed by atoms with Crippen LogP contribution in [0.4, 0.5) is 11.4 Å². The zero-order valence-electron chi connectivity index (χ0n) is 10.4. The number of aromatic nitrogens is 3. The van der Waals surface area contributed by atoms with Crippen molar-refractivity contribution in [3.05, 3.63) is 24.5 Å². The average molecular weight is 261 g/mol. The number of nitrogens with two attached hydrogens (primary N) is 1. The highest BCUT2D eigenvalue weighted by molar-refractivity contribution is 5.72. The molecule has 2 aromatic rings. The molecule has 1 aliphatic heterocycles. The van der Waals surface area contributed by atoms with Crippen molar-refractivity contribution in [1.82, 2.24) is 15.0 Å². The van der Waals surface area contributed by atoms with Gasteiger partial charge in [-0.3, -0.25) is 4.68 Å². The Labute approximate surface area is 110 Å². The van der Waals surface area contributed by atoms with E-state index in [-0.39, 0.29) is 0 Å². The minimum atomic E-state index is 0.561. The third-order valence-corrected chi connectivity index (χ3v) is 2.84. The number of rotatable bonds is 4. The number of hydrogen-bond donors (Lipinski definition) is 2. The zero-order valence-corrected chi connectivity index (χ0v) is 10.4. The minimum absolute atomic E-state index is 0.561. The lowest BCUT2D eigenvalue weighted by Crippen LogP contribution is -2.17. The summed E-state index contributed by atoms with van der Waals surface area (Å²) in [5.74, 6) is 1.43. The maximum absolute atomic E-state index is 5.97. The lowest BCUT2D eigenvalue weighted by atomic mass is 10.2. The summed E-state index contributed by atoms with van der Waals surface area (Å²) in [5.41, 5.74) is 7.45. The van der Waals surface area contributed by atoms with Gasteiger partial charge in [0.05, 0.1) is 24.1 Å². The number of anilines is 2. The molecule has 0 spiro atoms. The van der Waals surface area contributed by atoms with Crippen LogP contribution in [-0.4, -0.2) is 34.8 Å². The smallest absolute Gasteiger partial charge is 0.163 e. The Kier molecular flexibility index (Phi) is 3.09. The molecule has 0 bridgehead atoms. The van der Waals surface area contributed by atoms with Gasteiger partial charge in [0.25, 0.3) is 0 Å². The highest BCUT2D eigenvalue weighted by atomic mass is 16.6. The first kappa shape index (κ1) is 11.6. The Hall–Kier alpha value is -2.44. The van der Waals surface area contributed by atoms with Gasteiger partial charge in [-0.05, 0) is 0 Å². The number of nitrogens with one attached hydrogen (secondary N) is 1. The Bertz CT molecular complexity index is 555. The van der Waals surface area contributed by atoms with E-state index in [1.165, 1.54) is 0 Å². The maximum Gasteiger partial charge on any atom is 0.163 e. The molecule has 1 aliphatic rings. The van der Waals surface area contributed by atoms with Gasteiger partial charge in [-0.1, -0.05) is 5.21 Å². The van der Waals surface area contributed by atoms with Crippen molar-refractivity contribution in [2.75, 3.05) is 30.8 Å². The van der Waals surface area contributed by atoms with Gasteiger partial charge < -0.3 is 20.5 Å². The fourth-order valence-electron chi connectivity index (χ4n) is 1.91. The first-order valence-electron chi connectivity index (χ1n) is 6.10. The van der Waals surface area contributed by atoms with Crippen LogP contribution in [0.15, 0.2) is 24.5 Å². The Balaban J connectivity index is 1.67. The molecule has 0 radical (unpaired) electrons. The van der Waals surface area contributed by atoms with Crippen molar-refractivity contribution in [2.45, 2.75) is 6.54 Å². The summed E-state index contributed by atoms with van der Waals surface area (Å²) in [7, 11) is 0. The van der Waals surface area contributed by atoms with E-state index in [1.807, 2.05) is 12.3 Å². The van der Waals surface area contributed by atoms with E-state index in [9.17, 15) is 0 Å².